The molecule has 2 aliphatic carbocycles. The number of hydrogen-bond acceptors (Lipinski definition) is 1. The summed E-state index contributed by atoms with van der Waals surface area (Å²) in [5.41, 5.74) is 0.977. The van der Waals surface area contributed by atoms with Crippen molar-refractivity contribution >= 4 is 0 Å². The molecule has 0 aromatic carbocycles. The lowest BCUT2D eigenvalue weighted by Gasteiger charge is -2.50. The molecule has 0 aliphatic heterocycles. The molecular formula is C15H29N. The normalized spacial score (nSPS) is 26.4. The lowest BCUT2D eigenvalue weighted by atomic mass is 9.57. The van der Waals surface area contributed by atoms with Crippen LogP contribution in [-0.4, -0.2) is 12.1 Å². The fraction of sp³-hybridized carbons (Fsp3) is 1.00. The molecule has 2 rings (SSSR count). The Hall–Kier alpha value is -0.0400. The molecule has 2 fully saturated rings. The number of hydrogen-bond donors (Lipinski definition) is 1. The summed E-state index contributed by atoms with van der Waals surface area (Å²) >= 11 is 0. The second-order valence-corrected chi connectivity index (χ2v) is 7.15. The molecule has 0 spiro atoms. The van der Waals surface area contributed by atoms with Crippen molar-refractivity contribution in [3.8, 4) is 0 Å². The molecule has 0 heterocycles. The molecule has 0 unspecified atom stereocenters. The Labute approximate surface area is 101 Å². The maximum atomic E-state index is 3.76. The molecule has 16 heavy (non-hydrogen) atoms. The summed E-state index contributed by atoms with van der Waals surface area (Å²) in [5.74, 6) is 1.03. The second kappa shape index (κ2) is 4.68. The van der Waals surface area contributed by atoms with Gasteiger partial charge in [-0.2, -0.15) is 0 Å². The van der Waals surface area contributed by atoms with E-state index in [9.17, 15) is 0 Å². The lowest BCUT2D eigenvalue weighted by molar-refractivity contribution is 0.0204. The van der Waals surface area contributed by atoms with E-state index in [1.54, 1.807) is 0 Å². The van der Waals surface area contributed by atoms with Crippen LogP contribution in [-0.2, 0) is 0 Å². The van der Waals surface area contributed by atoms with Crippen LogP contribution in [0.2, 0.25) is 0 Å². The van der Waals surface area contributed by atoms with Crippen molar-refractivity contribution in [3.63, 3.8) is 0 Å². The van der Waals surface area contributed by atoms with Crippen LogP contribution in [0.15, 0.2) is 0 Å². The molecule has 0 aromatic heterocycles. The van der Waals surface area contributed by atoms with E-state index in [2.05, 4.69) is 26.1 Å². The van der Waals surface area contributed by atoms with Crippen LogP contribution in [0.4, 0.5) is 0 Å². The first-order valence-electron chi connectivity index (χ1n) is 7.27. The minimum absolute atomic E-state index is 0.289. The first-order chi connectivity index (χ1) is 7.52. The van der Waals surface area contributed by atoms with E-state index < -0.39 is 0 Å². The molecule has 0 aromatic rings. The zero-order valence-electron chi connectivity index (χ0n) is 11.4. The SMILES string of the molecule is CC(C)(C)NCC1(C2CCCCC2)CCC1. The third-order valence-corrected chi connectivity index (χ3v) is 4.79. The molecule has 2 aliphatic rings. The Morgan fingerprint density at radius 3 is 2.06 bits per heavy atom. The van der Waals surface area contributed by atoms with Crippen LogP contribution in [0.3, 0.4) is 0 Å². The Morgan fingerprint density at radius 2 is 1.62 bits per heavy atom. The molecular weight excluding hydrogens is 194 g/mol. The monoisotopic (exact) mass is 223 g/mol. The summed E-state index contributed by atoms with van der Waals surface area (Å²) in [5, 5.41) is 3.76. The van der Waals surface area contributed by atoms with Crippen molar-refractivity contribution in [2.24, 2.45) is 11.3 Å². The smallest absolute Gasteiger partial charge is 0.00967 e. The first kappa shape index (κ1) is 12.4. The van der Waals surface area contributed by atoms with Gasteiger partial charge in [-0.05, 0) is 57.8 Å². The highest BCUT2D eigenvalue weighted by Crippen LogP contribution is 2.51. The van der Waals surface area contributed by atoms with E-state index in [4.69, 9.17) is 0 Å². The summed E-state index contributed by atoms with van der Waals surface area (Å²) in [6.07, 6.45) is 11.9. The molecule has 1 N–H and O–H groups in total. The summed E-state index contributed by atoms with van der Waals surface area (Å²) in [6, 6.07) is 0. The van der Waals surface area contributed by atoms with Gasteiger partial charge in [0.15, 0.2) is 0 Å². The molecule has 0 amide bonds. The van der Waals surface area contributed by atoms with Gasteiger partial charge in [-0.1, -0.05) is 25.7 Å². The van der Waals surface area contributed by atoms with Crippen LogP contribution in [0, 0.1) is 11.3 Å². The Kier molecular flexibility index (Phi) is 3.63. The van der Waals surface area contributed by atoms with Crippen LogP contribution in [0.1, 0.15) is 72.1 Å². The third kappa shape index (κ3) is 2.80. The minimum atomic E-state index is 0.289. The van der Waals surface area contributed by atoms with Gasteiger partial charge in [0.1, 0.15) is 0 Å². The van der Waals surface area contributed by atoms with Crippen LogP contribution in [0.5, 0.6) is 0 Å². The highest BCUT2D eigenvalue weighted by atomic mass is 15.0. The van der Waals surface area contributed by atoms with Crippen molar-refractivity contribution in [1.29, 1.82) is 0 Å². The van der Waals surface area contributed by atoms with Crippen LogP contribution < -0.4 is 5.32 Å². The first-order valence-corrected chi connectivity index (χ1v) is 7.27. The third-order valence-electron chi connectivity index (χ3n) is 4.79. The average Bonchev–Trinajstić information content (AvgIpc) is 2.16. The van der Waals surface area contributed by atoms with Crippen LogP contribution in [0.25, 0.3) is 0 Å². The fourth-order valence-corrected chi connectivity index (χ4v) is 3.52. The zero-order chi connectivity index (χ0) is 11.6. The molecule has 0 radical (unpaired) electrons. The lowest BCUT2D eigenvalue weighted by Crippen LogP contribution is -2.50. The highest BCUT2D eigenvalue weighted by molar-refractivity contribution is 4.97. The van der Waals surface area contributed by atoms with Gasteiger partial charge in [0.2, 0.25) is 0 Å². The van der Waals surface area contributed by atoms with Crippen molar-refractivity contribution in [1.82, 2.24) is 5.32 Å². The number of rotatable bonds is 3. The van der Waals surface area contributed by atoms with Crippen molar-refractivity contribution in [2.45, 2.75) is 77.7 Å². The average molecular weight is 223 g/mol. The van der Waals surface area contributed by atoms with Gasteiger partial charge in [0, 0.05) is 12.1 Å². The molecule has 1 heteroatoms. The number of nitrogens with one attached hydrogen (secondary N) is 1. The van der Waals surface area contributed by atoms with Gasteiger partial charge in [0.25, 0.3) is 0 Å². The minimum Gasteiger partial charge on any atom is -0.312 e. The predicted molar refractivity (Wildman–Crippen MR) is 70.6 cm³/mol. The highest BCUT2D eigenvalue weighted by Gasteiger charge is 2.43. The van der Waals surface area contributed by atoms with E-state index in [1.807, 2.05) is 0 Å². The Balaban J connectivity index is 1.90. The molecule has 0 atom stereocenters. The van der Waals surface area contributed by atoms with E-state index in [-0.39, 0.29) is 5.54 Å². The Morgan fingerprint density at radius 1 is 1.00 bits per heavy atom. The van der Waals surface area contributed by atoms with E-state index in [1.165, 1.54) is 57.9 Å². The quantitative estimate of drug-likeness (QED) is 0.758. The summed E-state index contributed by atoms with van der Waals surface area (Å²) in [4.78, 5) is 0. The fourth-order valence-electron chi connectivity index (χ4n) is 3.52. The summed E-state index contributed by atoms with van der Waals surface area (Å²) < 4.78 is 0. The topological polar surface area (TPSA) is 12.0 Å². The summed E-state index contributed by atoms with van der Waals surface area (Å²) in [7, 11) is 0. The van der Waals surface area contributed by atoms with E-state index in [0.29, 0.717) is 5.41 Å². The Bertz CT molecular complexity index is 216. The van der Waals surface area contributed by atoms with Gasteiger partial charge in [0.05, 0.1) is 0 Å². The van der Waals surface area contributed by atoms with Crippen LogP contribution >= 0.6 is 0 Å². The van der Waals surface area contributed by atoms with E-state index in [0.717, 1.165) is 5.92 Å². The molecule has 1 nitrogen and oxygen atoms in total. The second-order valence-electron chi connectivity index (χ2n) is 7.15. The molecule has 0 saturated heterocycles. The standard InChI is InChI=1S/C15H29N/c1-14(2,3)16-12-15(10-7-11-15)13-8-5-4-6-9-13/h13,16H,4-12H2,1-3H3. The van der Waals surface area contributed by atoms with Crippen molar-refractivity contribution in [3.05, 3.63) is 0 Å². The van der Waals surface area contributed by atoms with Gasteiger partial charge < -0.3 is 5.32 Å². The zero-order valence-corrected chi connectivity index (χ0v) is 11.4. The maximum Gasteiger partial charge on any atom is 0.00967 e. The van der Waals surface area contributed by atoms with Crippen molar-refractivity contribution in [2.75, 3.05) is 6.54 Å². The van der Waals surface area contributed by atoms with Gasteiger partial charge in [-0.15, -0.1) is 0 Å². The largest absolute Gasteiger partial charge is 0.312 e. The van der Waals surface area contributed by atoms with Gasteiger partial charge >= 0.3 is 0 Å². The summed E-state index contributed by atoms with van der Waals surface area (Å²) in [6.45, 7) is 8.14. The van der Waals surface area contributed by atoms with E-state index >= 15 is 0 Å². The predicted octanol–water partition coefficient (Wildman–Crippen LogP) is 4.13. The molecule has 94 valence electrons. The van der Waals surface area contributed by atoms with Gasteiger partial charge in [-0.25, -0.2) is 0 Å². The maximum absolute atomic E-state index is 3.76. The van der Waals surface area contributed by atoms with Crippen molar-refractivity contribution < 1.29 is 0 Å². The molecule has 0 bridgehead atoms. The molecule has 2 saturated carbocycles. The van der Waals surface area contributed by atoms with Gasteiger partial charge in [-0.3, -0.25) is 0 Å².